The van der Waals surface area contributed by atoms with Crippen LogP contribution >= 0.6 is 11.3 Å². The second kappa shape index (κ2) is 5.92. The van der Waals surface area contributed by atoms with Gasteiger partial charge in [-0.15, -0.1) is 0 Å². The normalized spacial score (nSPS) is 15.7. The molecule has 4 rings (SSSR count). The van der Waals surface area contributed by atoms with Crippen LogP contribution in [0.2, 0.25) is 0 Å². The molecular weight excluding hydrogens is 308 g/mol. The first-order valence-corrected chi connectivity index (χ1v) is 9.22. The van der Waals surface area contributed by atoms with E-state index >= 15 is 0 Å². The molecule has 1 fully saturated rings. The Bertz CT molecular complexity index is 872. The molecule has 5 nitrogen and oxygen atoms in total. The molecule has 3 aromatic heterocycles. The SMILES string of the molecule is CCc1nn(C2CCCC2)c2nc(Cc3ccsc3)[nH]c(=O)c12. The van der Waals surface area contributed by atoms with E-state index in [0.717, 1.165) is 36.4 Å². The number of thiophene rings is 1. The van der Waals surface area contributed by atoms with E-state index < -0.39 is 0 Å². The highest BCUT2D eigenvalue weighted by Crippen LogP contribution is 2.31. The summed E-state index contributed by atoms with van der Waals surface area (Å²) in [5, 5.41) is 9.54. The van der Waals surface area contributed by atoms with Crippen molar-refractivity contribution in [3.8, 4) is 0 Å². The summed E-state index contributed by atoms with van der Waals surface area (Å²) in [6.45, 7) is 2.04. The Morgan fingerprint density at radius 3 is 2.91 bits per heavy atom. The zero-order valence-electron chi connectivity index (χ0n) is 13.2. The van der Waals surface area contributed by atoms with Crippen LogP contribution in [0.5, 0.6) is 0 Å². The maximum atomic E-state index is 12.6. The summed E-state index contributed by atoms with van der Waals surface area (Å²) in [5.41, 5.74) is 2.76. The molecule has 0 saturated heterocycles. The fraction of sp³-hybridized carbons (Fsp3) is 0.471. The average molecular weight is 328 g/mol. The Balaban J connectivity index is 1.85. The summed E-state index contributed by atoms with van der Waals surface area (Å²) in [6, 6.07) is 2.46. The molecule has 3 heterocycles. The minimum Gasteiger partial charge on any atom is -0.310 e. The Labute approximate surface area is 138 Å². The molecule has 0 amide bonds. The second-order valence-corrected chi connectivity index (χ2v) is 6.98. The largest absolute Gasteiger partial charge is 0.310 e. The third-order valence-electron chi connectivity index (χ3n) is 4.64. The topological polar surface area (TPSA) is 63.6 Å². The summed E-state index contributed by atoms with van der Waals surface area (Å²) in [7, 11) is 0. The van der Waals surface area contributed by atoms with Gasteiger partial charge in [0.15, 0.2) is 5.65 Å². The molecule has 23 heavy (non-hydrogen) atoms. The lowest BCUT2D eigenvalue weighted by Crippen LogP contribution is -2.14. The maximum absolute atomic E-state index is 12.6. The van der Waals surface area contributed by atoms with Crippen LogP contribution in [-0.2, 0) is 12.8 Å². The summed E-state index contributed by atoms with van der Waals surface area (Å²) in [6.07, 6.45) is 6.15. The van der Waals surface area contributed by atoms with Crippen molar-refractivity contribution < 1.29 is 0 Å². The van der Waals surface area contributed by atoms with Gasteiger partial charge in [-0.3, -0.25) is 4.79 Å². The first kappa shape index (κ1) is 14.6. The predicted octanol–water partition coefficient (Wildman–Crippen LogP) is 3.45. The number of fused-ring (bicyclic) bond motifs is 1. The fourth-order valence-electron chi connectivity index (χ4n) is 3.48. The van der Waals surface area contributed by atoms with Crippen LogP contribution in [0, 0.1) is 0 Å². The molecule has 1 saturated carbocycles. The Kier molecular flexibility index (Phi) is 3.77. The van der Waals surface area contributed by atoms with Crippen molar-refractivity contribution in [2.24, 2.45) is 0 Å². The second-order valence-electron chi connectivity index (χ2n) is 6.20. The van der Waals surface area contributed by atoms with E-state index in [1.807, 2.05) is 17.0 Å². The van der Waals surface area contributed by atoms with Crippen LogP contribution in [0.3, 0.4) is 0 Å². The average Bonchev–Trinajstić information content (AvgIpc) is 3.27. The van der Waals surface area contributed by atoms with Crippen molar-refractivity contribution in [1.82, 2.24) is 19.7 Å². The molecule has 120 valence electrons. The molecule has 1 aliphatic rings. The van der Waals surface area contributed by atoms with E-state index in [4.69, 9.17) is 10.1 Å². The molecule has 0 bridgehead atoms. The lowest BCUT2D eigenvalue weighted by molar-refractivity contribution is 0.474. The lowest BCUT2D eigenvalue weighted by atomic mass is 10.2. The molecule has 1 N–H and O–H groups in total. The minimum atomic E-state index is -0.0543. The number of aromatic nitrogens is 4. The van der Waals surface area contributed by atoms with Gasteiger partial charge in [0.2, 0.25) is 0 Å². The lowest BCUT2D eigenvalue weighted by Gasteiger charge is -2.10. The molecule has 0 radical (unpaired) electrons. The van der Waals surface area contributed by atoms with E-state index in [9.17, 15) is 4.79 Å². The van der Waals surface area contributed by atoms with Crippen molar-refractivity contribution in [1.29, 1.82) is 0 Å². The van der Waals surface area contributed by atoms with Gasteiger partial charge in [0.25, 0.3) is 5.56 Å². The van der Waals surface area contributed by atoms with E-state index in [1.54, 1.807) is 11.3 Å². The van der Waals surface area contributed by atoms with E-state index in [1.165, 1.54) is 18.4 Å². The summed E-state index contributed by atoms with van der Waals surface area (Å²) in [4.78, 5) is 20.3. The Hall–Kier alpha value is -1.95. The van der Waals surface area contributed by atoms with Gasteiger partial charge in [-0.05, 0) is 41.7 Å². The Morgan fingerprint density at radius 2 is 2.22 bits per heavy atom. The fourth-order valence-corrected chi connectivity index (χ4v) is 4.15. The van der Waals surface area contributed by atoms with Crippen LogP contribution in [0.15, 0.2) is 21.6 Å². The molecule has 0 unspecified atom stereocenters. The van der Waals surface area contributed by atoms with Gasteiger partial charge in [-0.2, -0.15) is 16.4 Å². The molecule has 3 aromatic rings. The van der Waals surface area contributed by atoms with Crippen LogP contribution in [-0.4, -0.2) is 19.7 Å². The zero-order chi connectivity index (χ0) is 15.8. The molecule has 0 aliphatic heterocycles. The van der Waals surface area contributed by atoms with Gasteiger partial charge < -0.3 is 4.98 Å². The van der Waals surface area contributed by atoms with Crippen molar-refractivity contribution >= 4 is 22.4 Å². The van der Waals surface area contributed by atoms with Gasteiger partial charge in [-0.25, -0.2) is 9.67 Å². The molecule has 1 aliphatic carbocycles. The van der Waals surface area contributed by atoms with Crippen LogP contribution in [0.4, 0.5) is 0 Å². The number of aromatic amines is 1. The smallest absolute Gasteiger partial charge is 0.262 e. The molecule has 6 heteroatoms. The number of nitrogens with zero attached hydrogens (tertiary/aromatic N) is 3. The summed E-state index contributed by atoms with van der Waals surface area (Å²) >= 11 is 1.66. The zero-order valence-corrected chi connectivity index (χ0v) is 14.0. The number of aryl methyl sites for hydroxylation is 1. The van der Waals surface area contributed by atoms with Crippen molar-refractivity contribution in [2.45, 2.75) is 51.5 Å². The summed E-state index contributed by atoms with van der Waals surface area (Å²) < 4.78 is 2.02. The quantitative estimate of drug-likeness (QED) is 0.798. The van der Waals surface area contributed by atoms with E-state index in [-0.39, 0.29) is 5.56 Å². The maximum Gasteiger partial charge on any atom is 0.262 e. The predicted molar refractivity (Wildman–Crippen MR) is 92.2 cm³/mol. The number of nitrogens with one attached hydrogen (secondary N) is 1. The van der Waals surface area contributed by atoms with Crippen molar-refractivity contribution in [3.05, 3.63) is 44.3 Å². The number of rotatable bonds is 4. The van der Waals surface area contributed by atoms with Gasteiger partial charge in [0, 0.05) is 6.42 Å². The molecule has 0 spiro atoms. The minimum absolute atomic E-state index is 0.0543. The molecule has 0 aromatic carbocycles. The van der Waals surface area contributed by atoms with Crippen molar-refractivity contribution in [3.63, 3.8) is 0 Å². The summed E-state index contributed by atoms with van der Waals surface area (Å²) in [5.74, 6) is 0.725. The van der Waals surface area contributed by atoms with Crippen molar-refractivity contribution in [2.75, 3.05) is 0 Å². The van der Waals surface area contributed by atoms with Gasteiger partial charge in [-0.1, -0.05) is 19.8 Å². The molecular formula is C17H20N4OS. The van der Waals surface area contributed by atoms with Crippen LogP contribution in [0.25, 0.3) is 11.0 Å². The third kappa shape index (κ3) is 2.61. The van der Waals surface area contributed by atoms with E-state index in [0.29, 0.717) is 17.8 Å². The molecule has 0 atom stereocenters. The first-order valence-electron chi connectivity index (χ1n) is 8.27. The van der Waals surface area contributed by atoms with E-state index in [2.05, 4.69) is 16.4 Å². The highest BCUT2D eigenvalue weighted by molar-refractivity contribution is 7.07. The highest BCUT2D eigenvalue weighted by atomic mass is 32.1. The standard InChI is InChI=1S/C17H20N4OS/c1-2-13-15-16(21(20-13)12-5-3-4-6-12)18-14(19-17(15)22)9-11-7-8-23-10-11/h7-8,10,12H,2-6,9H2,1H3,(H,18,19,22). The van der Waals surface area contributed by atoms with Crippen LogP contribution in [0.1, 0.15) is 55.7 Å². The third-order valence-corrected chi connectivity index (χ3v) is 5.37. The van der Waals surface area contributed by atoms with Gasteiger partial charge in [0.05, 0.1) is 11.7 Å². The number of hydrogen-bond acceptors (Lipinski definition) is 4. The number of hydrogen-bond donors (Lipinski definition) is 1. The van der Waals surface area contributed by atoms with Gasteiger partial charge >= 0.3 is 0 Å². The first-order chi connectivity index (χ1) is 11.3. The van der Waals surface area contributed by atoms with Gasteiger partial charge in [0.1, 0.15) is 11.2 Å². The van der Waals surface area contributed by atoms with Crippen LogP contribution < -0.4 is 5.56 Å². The Morgan fingerprint density at radius 1 is 1.39 bits per heavy atom. The number of H-pyrrole nitrogens is 1. The monoisotopic (exact) mass is 328 g/mol. The highest BCUT2D eigenvalue weighted by Gasteiger charge is 2.23.